The van der Waals surface area contributed by atoms with E-state index in [4.69, 9.17) is 0 Å². The Morgan fingerprint density at radius 3 is 2.44 bits per heavy atom. The first-order valence-electron chi connectivity index (χ1n) is 5.76. The van der Waals surface area contributed by atoms with Gasteiger partial charge in [0.15, 0.2) is 0 Å². The minimum atomic E-state index is -0.191. The van der Waals surface area contributed by atoms with Crippen LogP contribution in [-0.4, -0.2) is 7.05 Å². The van der Waals surface area contributed by atoms with E-state index in [9.17, 15) is 4.39 Å². The van der Waals surface area contributed by atoms with E-state index in [0.717, 1.165) is 18.4 Å². The summed E-state index contributed by atoms with van der Waals surface area (Å²) in [6.07, 6.45) is 2.18. The summed E-state index contributed by atoms with van der Waals surface area (Å²) in [6, 6.07) is 5.43. The highest BCUT2D eigenvalue weighted by molar-refractivity contribution is 9.10. The largest absolute Gasteiger partial charge is 0.313 e. The Balaban J connectivity index is 3.07. The highest BCUT2D eigenvalue weighted by Gasteiger charge is 2.21. The van der Waals surface area contributed by atoms with Crippen molar-refractivity contribution >= 4 is 15.9 Å². The van der Waals surface area contributed by atoms with Crippen LogP contribution >= 0.6 is 15.9 Å². The molecule has 16 heavy (non-hydrogen) atoms. The van der Waals surface area contributed by atoms with Gasteiger partial charge < -0.3 is 5.32 Å². The molecular formula is C13H19BrFN. The van der Waals surface area contributed by atoms with Gasteiger partial charge in [0.2, 0.25) is 0 Å². The van der Waals surface area contributed by atoms with Crippen molar-refractivity contribution in [1.82, 2.24) is 5.32 Å². The first-order valence-corrected chi connectivity index (χ1v) is 6.56. The normalized spacial score (nSPS) is 13.1. The predicted octanol–water partition coefficient (Wildman–Crippen LogP) is 4.28. The van der Waals surface area contributed by atoms with Crippen molar-refractivity contribution in [3.63, 3.8) is 0 Å². The summed E-state index contributed by atoms with van der Waals surface area (Å²) in [5.41, 5.74) is 1.01. The molecule has 0 heterocycles. The van der Waals surface area contributed by atoms with Crippen molar-refractivity contribution in [1.29, 1.82) is 0 Å². The number of halogens is 2. The Morgan fingerprint density at radius 2 is 1.94 bits per heavy atom. The number of hydrogen-bond acceptors (Lipinski definition) is 1. The van der Waals surface area contributed by atoms with Crippen LogP contribution in [0.25, 0.3) is 0 Å². The molecule has 1 unspecified atom stereocenters. The van der Waals surface area contributed by atoms with E-state index in [1.807, 2.05) is 13.1 Å². The lowest BCUT2D eigenvalue weighted by molar-refractivity contribution is 0.357. The first-order chi connectivity index (χ1) is 7.65. The Labute approximate surface area is 106 Å². The molecule has 0 fully saturated rings. The smallest absolute Gasteiger partial charge is 0.137 e. The van der Waals surface area contributed by atoms with Crippen LogP contribution in [0.2, 0.25) is 0 Å². The molecule has 3 heteroatoms. The Morgan fingerprint density at radius 1 is 1.31 bits per heavy atom. The van der Waals surface area contributed by atoms with Gasteiger partial charge in [0.25, 0.3) is 0 Å². The molecule has 90 valence electrons. The summed E-state index contributed by atoms with van der Waals surface area (Å²) in [4.78, 5) is 0. The van der Waals surface area contributed by atoms with Crippen molar-refractivity contribution in [2.75, 3.05) is 7.05 Å². The van der Waals surface area contributed by atoms with E-state index < -0.39 is 0 Å². The van der Waals surface area contributed by atoms with Crippen LogP contribution < -0.4 is 5.32 Å². The fraction of sp³-hybridized carbons (Fsp3) is 0.538. The number of hydrogen-bond donors (Lipinski definition) is 1. The molecule has 1 aromatic carbocycles. The molecule has 0 saturated heterocycles. The topological polar surface area (TPSA) is 12.0 Å². The molecule has 1 nitrogen and oxygen atoms in total. The molecule has 0 spiro atoms. The van der Waals surface area contributed by atoms with E-state index in [1.54, 1.807) is 6.07 Å². The van der Waals surface area contributed by atoms with Gasteiger partial charge in [-0.2, -0.15) is 0 Å². The van der Waals surface area contributed by atoms with Crippen molar-refractivity contribution in [3.05, 3.63) is 34.1 Å². The third-order valence-corrected chi connectivity index (χ3v) is 3.98. The van der Waals surface area contributed by atoms with Gasteiger partial charge in [-0.05, 0) is 40.5 Å². The molecule has 0 aliphatic carbocycles. The average molecular weight is 288 g/mol. The molecule has 1 aromatic rings. The Kier molecular flexibility index (Phi) is 5.42. The molecule has 1 rings (SSSR count). The van der Waals surface area contributed by atoms with Crippen LogP contribution in [0.1, 0.15) is 38.3 Å². The molecule has 0 aliphatic rings. The second-order valence-electron chi connectivity index (χ2n) is 3.99. The zero-order chi connectivity index (χ0) is 12.1. The molecule has 0 aliphatic heterocycles. The van der Waals surface area contributed by atoms with E-state index in [1.165, 1.54) is 6.07 Å². The maximum Gasteiger partial charge on any atom is 0.137 e. The Bertz CT molecular complexity index is 337. The van der Waals surface area contributed by atoms with Gasteiger partial charge >= 0.3 is 0 Å². The molecule has 1 atom stereocenters. The summed E-state index contributed by atoms with van der Waals surface area (Å²) in [5, 5.41) is 3.29. The minimum Gasteiger partial charge on any atom is -0.313 e. The zero-order valence-electron chi connectivity index (χ0n) is 10.1. The monoisotopic (exact) mass is 287 g/mol. The maximum atomic E-state index is 13.5. The molecule has 0 amide bonds. The second-order valence-corrected chi connectivity index (χ2v) is 4.78. The molecule has 0 radical (unpaired) electrons. The van der Waals surface area contributed by atoms with E-state index in [-0.39, 0.29) is 11.9 Å². The molecule has 1 N–H and O–H groups in total. The third-order valence-electron chi connectivity index (χ3n) is 3.15. The third kappa shape index (κ3) is 2.83. The van der Waals surface area contributed by atoms with Crippen molar-refractivity contribution < 1.29 is 4.39 Å². The fourth-order valence-corrected chi connectivity index (χ4v) is 2.68. The summed E-state index contributed by atoms with van der Waals surface area (Å²) < 4.78 is 14.1. The van der Waals surface area contributed by atoms with Gasteiger partial charge in [0, 0.05) is 6.04 Å². The molecule has 0 bridgehead atoms. The maximum absolute atomic E-state index is 13.5. The van der Waals surface area contributed by atoms with Gasteiger partial charge in [0.1, 0.15) is 5.82 Å². The van der Waals surface area contributed by atoms with Crippen LogP contribution in [0, 0.1) is 11.7 Å². The SMILES string of the molecule is CCC(CC)C(NC)c1cccc(F)c1Br. The lowest BCUT2D eigenvalue weighted by atomic mass is 9.89. The second kappa shape index (κ2) is 6.36. The average Bonchev–Trinajstić information content (AvgIpc) is 2.30. The number of rotatable bonds is 5. The molecule has 0 saturated carbocycles. The zero-order valence-corrected chi connectivity index (χ0v) is 11.6. The van der Waals surface area contributed by atoms with E-state index in [2.05, 4.69) is 35.1 Å². The summed E-state index contributed by atoms with van der Waals surface area (Å²) >= 11 is 3.33. The van der Waals surface area contributed by atoms with E-state index in [0.29, 0.717) is 10.4 Å². The quantitative estimate of drug-likeness (QED) is 0.852. The molecular weight excluding hydrogens is 269 g/mol. The fourth-order valence-electron chi connectivity index (χ4n) is 2.17. The van der Waals surface area contributed by atoms with Gasteiger partial charge in [-0.1, -0.05) is 38.8 Å². The van der Waals surface area contributed by atoms with Crippen molar-refractivity contribution in [2.24, 2.45) is 5.92 Å². The van der Waals surface area contributed by atoms with Crippen LogP contribution in [-0.2, 0) is 0 Å². The lowest BCUT2D eigenvalue weighted by Crippen LogP contribution is -2.25. The molecule has 0 aromatic heterocycles. The summed E-state index contributed by atoms with van der Waals surface area (Å²) in [6.45, 7) is 4.34. The van der Waals surface area contributed by atoms with E-state index >= 15 is 0 Å². The highest BCUT2D eigenvalue weighted by Crippen LogP contribution is 2.33. The summed E-state index contributed by atoms with van der Waals surface area (Å²) in [7, 11) is 1.93. The first kappa shape index (κ1) is 13.7. The lowest BCUT2D eigenvalue weighted by Gasteiger charge is -2.26. The van der Waals surface area contributed by atoms with Gasteiger partial charge in [-0.15, -0.1) is 0 Å². The van der Waals surface area contributed by atoms with Gasteiger partial charge in [0.05, 0.1) is 4.47 Å². The Hall–Kier alpha value is -0.410. The van der Waals surface area contributed by atoms with Crippen molar-refractivity contribution in [2.45, 2.75) is 32.7 Å². The number of nitrogens with one attached hydrogen (secondary N) is 1. The highest BCUT2D eigenvalue weighted by atomic mass is 79.9. The van der Waals surface area contributed by atoms with Crippen LogP contribution in [0.15, 0.2) is 22.7 Å². The predicted molar refractivity (Wildman–Crippen MR) is 70.0 cm³/mol. The van der Waals surface area contributed by atoms with Crippen LogP contribution in [0.4, 0.5) is 4.39 Å². The van der Waals surface area contributed by atoms with Crippen LogP contribution in [0.3, 0.4) is 0 Å². The summed E-state index contributed by atoms with van der Waals surface area (Å²) in [5.74, 6) is 0.340. The van der Waals surface area contributed by atoms with Crippen molar-refractivity contribution in [3.8, 4) is 0 Å². The van der Waals surface area contributed by atoms with Gasteiger partial charge in [-0.25, -0.2) is 4.39 Å². The minimum absolute atomic E-state index is 0.191. The number of benzene rings is 1. The van der Waals surface area contributed by atoms with Crippen LogP contribution in [0.5, 0.6) is 0 Å². The standard InChI is InChI=1S/C13H19BrFN/c1-4-9(5-2)13(16-3)10-7-6-8-11(15)12(10)14/h6-9,13,16H,4-5H2,1-3H3. The van der Waals surface area contributed by atoms with Gasteiger partial charge in [-0.3, -0.25) is 0 Å².